The predicted octanol–water partition coefficient (Wildman–Crippen LogP) is 3.48. The first kappa shape index (κ1) is 16.6. The molecule has 0 radical (unpaired) electrons. The summed E-state index contributed by atoms with van der Waals surface area (Å²) >= 11 is 6.50. The van der Waals surface area contributed by atoms with Crippen molar-refractivity contribution in [3.8, 4) is 0 Å². The van der Waals surface area contributed by atoms with Crippen LogP contribution in [0.25, 0.3) is 0 Å². The molecule has 0 amide bonds. The summed E-state index contributed by atoms with van der Waals surface area (Å²) in [6, 6.07) is 6.37. The molecular formula is C17H27ClN2O. The quantitative estimate of drug-likeness (QED) is 0.874. The maximum atomic E-state index is 6.50. The number of hydrogen-bond acceptors (Lipinski definition) is 3. The maximum Gasteiger partial charge on any atom is 0.0642 e. The van der Waals surface area contributed by atoms with E-state index in [1.54, 1.807) is 7.11 Å². The van der Waals surface area contributed by atoms with Crippen molar-refractivity contribution in [1.29, 1.82) is 0 Å². The maximum absolute atomic E-state index is 6.50. The van der Waals surface area contributed by atoms with Crippen LogP contribution >= 0.6 is 11.6 Å². The van der Waals surface area contributed by atoms with Gasteiger partial charge in [0.1, 0.15) is 0 Å². The van der Waals surface area contributed by atoms with Crippen LogP contribution in [0.2, 0.25) is 5.02 Å². The number of benzene rings is 1. The third-order valence-corrected chi connectivity index (χ3v) is 4.62. The highest BCUT2D eigenvalue weighted by atomic mass is 35.5. The van der Waals surface area contributed by atoms with Gasteiger partial charge in [-0.05, 0) is 43.2 Å². The van der Waals surface area contributed by atoms with Gasteiger partial charge in [-0.15, -0.1) is 0 Å². The minimum absolute atomic E-state index is 0.196. The smallest absolute Gasteiger partial charge is 0.0642 e. The molecule has 2 N–H and O–H groups in total. The van der Waals surface area contributed by atoms with E-state index in [0.717, 1.165) is 37.6 Å². The fourth-order valence-electron chi connectivity index (χ4n) is 3.15. The monoisotopic (exact) mass is 310 g/mol. The molecule has 1 fully saturated rings. The van der Waals surface area contributed by atoms with Gasteiger partial charge in [0, 0.05) is 26.2 Å². The fraction of sp³-hybridized carbons (Fsp3) is 0.647. The van der Waals surface area contributed by atoms with Gasteiger partial charge in [0.05, 0.1) is 17.3 Å². The highest BCUT2D eigenvalue weighted by molar-refractivity contribution is 6.33. The number of rotatable bonds is 6. The summed E-state index contributed by atoms with van der Waals surface area (Å²) in [6.07, 6.45) is 4.30. The van der Waals surface area contributed by atoms with Gasteiger partial charge in [0.2, 0.25) is 0 Å². The zero-order valence-corrected chi connectivity index (χ0v) is 13.9. The molecule has 1 aliphatic rings. The number of piperidine rings is 1. The second-order valence-electron chi connectivity index (χ2n) is 6.03. The molecule has 21 heavy (non-hydrogen) atoms. The SMILES string of the molecule is CCC(N)Cc1cccc(Cl)c1N1CCCC(COC)C1. The van der Waals surface area contributed by atoms with Crippen molar-refractivity contribution in [2.75, 3.05) is 31.7 Å². The third kappa shape index (κ3) is 4.35. The lowest BCUT2D eigenvalue weighted by molar-refractivity contribution is 0.143. The van der Waals surface area contributed by atoms with E-state index < -0.39 is 0 Å². The zero-order chi connectivity index (χ0) is 15.2. The van der Waals surface area contributed by atoms with Gasteiger partial charge >= 0.3 is 0 Å². The Hall–Kier alpha value is -0.770. The Morgan fingerprint density at radius 1 is 1.48 bits per heavy atom. The topological polar surface area (TPSA) is 38.5 Å². The third-order valence-electron chi connectivity index (χ3n) is 4.31. The normalized spacial score (nSPS) is 20.6. The first-order valence-electron chi connectivity index (χ1n) is 7.92. The van der Waals surface area contributed by atoms with Crippen LogP contribution in [-0.4, -0.2) is 32.8 Å². The van der Waals surface area contributed by atoms with E-state index in [1.165, 1.54) is 24.1 Å². The Morgan fingerprint density at radius 2 is 2.29 bits per heavy atom. The van der Waals surface area contributed by atoms with Gasteiger partial charge < -0.3 is 15.4 Å². The summed E-state index contributed by atoms with van der Waals surface area (Å²) in [5.41, 5.74) is 8.60. The molecule has 2 atom stereocenters. The van der Waals surface area contributed by atoms with Crippen LogP contribution in [0, 0.1) is 5.92 Å². The Bertz CT molecular complexity index is 450. The highest BCUT2D eigenvalue weighted by Crippen LogP contribution is 2.34. The molecule has 4 heteroatoms. The van der Waals surface area contributed by atoms with Crippen LogP contribution in [0.15, 0.2) is 18.2 Å². The molecule has 0 bridgehead atoms. The molecule has 118 valence electrons. The number of nitrogens with zero attached hydrogens (tertiary/aromatic N) is 1. The predicted molar refractivity (Wildman–Crippen MR) is 90.2 cm³/mol. The molecule has 1 aromatic rings. The van der Waals surface area contributed by atoms with Crippen LogP contribution in [0.5, 0.6) is 0 Å². The van der Waals surface area contributed by atoms with Crippen molar-refractivity contribution in [3.05, 3.63) is 28.8 Å². The Morgan fingerprint density at radius 3 is 3.00 bits per heavy atom. The van der Waals surface area contributed by atoms with Crippen molar-refractivity contribution in [2.45, 2.75) is 38.6 Å². The van der Waals surface area contributed by atoms with Gasteiger partial charge in [-0.2, -0.15) is 0 Å². The first-order valence-corrected chi connectivity index (χ1v) is 8.30. The van der Waals surface area contributed by atoms with E-state index in [1.807, 2.05) is 12.1 Å². The zero-order valence-electron chi connectivity index (χ0n) is 13.1. The van der Waals surface area contributed by atoms with Crippen molar-refractivity contribution in [1.82, 2.24) is 0 Å². The lowest BCUT2D eigenvalue weighted by Gasteiger charge is -2.36. The largest absolute Gasteiger partial charge is 0.384 e. The Balaban J connectivity index is 2.20. The molecular weight excluding hydrogens is 284 g/mol. The minimum Gasteiger partial charge on any atom is -0.384 e. The molecule has 1 saturated heterocycles. The lowest BCUT2D eigenvalue weighted by atomic mass is 9.96. The van der Waals surface area contributed by atoms with Crippen molar-refractivity contribution in [3.63, 3.8) is 0 Å². The molecule has 1 heterocycles. The van der Waals surface area contributed by atoms with Crippen LogP contribution in [-0.2, 0) is 11.2 Å². The van der Waals surface area contributed by atoms with E-state index in [2.05, 4.69) is 17.9 Å². The summed E-state index contributed by atoms with van der Waals surface area (Å²) in [4.78, 5) is 2.42. The number of anilines is 1. The van der Waals surface area contributed by atoms with Crippen LogP contribution in [0.1, 0.15) is 31.7 Å². The molecule has 2 unspecified atom stereocenters. The van der Waals surface area contributed by atoms with Gasteiger partial charge in [-0.25, -0.2) is 0 Å². The summed E-state index contributed by atoms with van der Waals surface area (Å²) < 4.78 is 5.33. The van der Waals surface area contributed by atoms with Gasteiger partial charge in [-0.3, -0.25) is 0 Å². The standard InChI is InChI=1S/C17H27ClN2O/c1-3-15(19)10-14-7-4-8-16(18)17(14)20-9-5-6-13(11-20)12-21-2/h4,7-8,13,15H,3,5-6,9-12,19H2,1-2H3. The molecule has 1 aliphatic heterocycles. The second-order valence-corrected chi connectivity index (χ2v) is 6.44. The lowest BCUT2D eigenvalue weighted by Crippen LogP contribution is -2.38. The van der Waals surface area contributed by atoms with Crippen LogP contribution in [0.3, 0.4) is 0 Å². The number of hydrogen-bond donors (Lipinski definition) is 1. The fourth-order valence-corrected chi connectivity index (χ4v) is 3.46. The van der Waals surface area contributed by atoms with E-state index in [0.29, 0.717) is 5.92 Å². The van der Waals surface area contributed by atoms with E-state index >= 15 is 0 Å². The number of nitrogens with two attached hydrogens (primary N) is 1. The summed E-state index contributed by atoms with van der Waals surface area (Å²) in [5.74, 6) is 0.590. The number of halogens is 1. The average Bonchev–Trinajstić information content (AvgIpc) is 2.48. The molecule has 2 rings (SSSR count). The molecule has 0 saturated carbocycles. The second kappa shape index (κ2) is 8.02. The highest BCUT2D eigenvalue weighted by Gasteiger charge is 2.23. The number of ether oxygens (including phenoxy) is 1. The molecule has 3 nitrogen and oxygen atoms in total. The minimum atomic E-state index is 0.196. The van der Waals surface area contributed by atoms with Gasteiger partial charge in [0.15, 0.2) is 0 Å². The summed E-state index contributed by atoms with van der Waals surface area (Å²) in [7, 11) is 1.78. The molecule has 0 spiro atoms. The van der Waals surface area contributed by atoms with Crippen molar-refractivity contribution >= 4 is 17.3 Å². The number of methoxy groups -OCH3 is 1. The van der Waals surface area contributed by atoms with Crippen molar-refractivity contribution < 1.29 is 4.74 Å². The van der Waals surface area contributed by atoms with E-state index in [4.69, 9.17) is 22.1 Å². The Kier molecular flexibility index (Phi) is 6.34. The molecule has 1 aromatic carbocycles. The van der Waals surface area contributed by atoms with E-state index in [9.17, 15) is 0 Å². The van der Waals surface area contributed by atoms with Gasteiger partial charge in [0.25, 0.3) is 0 Å². The average molecular weight is 311 g/mol. The van der Waals surface area contributed by atoms with Crippen LogP contribution < -0.4 is 10.6 Å². The van der Waals surface area contributed by atoms with E-state index in [-0.39, 0.29) is 6.04 Å². The Labute approximate surface area is 133 Å². The number of para-hydroxylation sites is 1. The van der Waals surface area contributed by atoms with Crippen LogP contribution in [0.4, 0.5) is 5.69 Å². The molecule has 0 aliphatic carbocycles. The first-order chi connectivity index (χ1) is 10.2. The van der Waals surface area contributed by atoms with Gasteiger partial charge in [-0.1, -0.05) is 30.7 Å². The molecule has 0 aromatic heterocycles. The summed E-state index contributed by atoms with van der Waals surface area (Å²) in [6.45, 7) is 5.04. The van der Waals surface area contributed by atoms with Crippen molar-refractivity contribution in [2.24, 2.45) is 11.7 Å². The summed E-state index contributed by atoms with van der Waals surface area (Å²) in [5, 5.41) is 0.842.